The molecule has 0 saturated carbocycles. The van der Waals surface area contributed by atoms with E-state index < -0.39 is 16.6 Å². The van der Waals surface area contributed by atoms with Gasteiger partial charge in [0.05, 0.1) is 28.7 Å². The average molecular weight is 443 g/mol. The van der Waals surface area contributed by atoms with E-state index in [1.54, 1.807) is 30.3 Å². The molecule has 9 nitrogen and oxygen atoms in total. The molecule has 31 heavy (non-hydrogen) atoms. The summed E-state index contributed by atoms with van der Waals surface area (Å²) in [6.07, 6.45) is 1.54. The fourth-order valence-electron chi connectivity index (χ4n) is 3.74. The minimum absolute atomic E-state index is 0.00902. The Kier molecular flexibility index (Phi) is 5.62. The maximum absolute atomic E-state index is 11.9. The van der Waals surface area contributed by atoms with Crippen LogP contribution in [0.3, 0.4) is 0 Å². The summed E-state index contributed by atoms with van der Waals surface area (Å²) < 4.78 is 5.46. The van der Waals surface area contributed by atoms with Crippen molar-refractivity contribution < 1.29 is 19.6 Å². The first-order valence-electron chi connectivity index (χ1n) is 9.57. The lowest BCUT2D eigenvalue weighted by atomic mass is 10.1. The van der Waals surface area contributed by atoms with Crippen LogP contribution in [-0.2, 0) is 4.74 Å². The summed E-state index contributed by atoms with van der Waals surface area (Å²) in [6, 6.07) is 9.83. The topological polar surface area (TPSA) is 118 Å². The first-order chi connectivity index (χ1) is 14.9. The number of anilines is 3. The van der Waals surface area contributed by atoms with Crippen molar-refractivity contribution in [3.63, 3.8) is 0 Å². The van der Waals surface area contributed by atoms with Crippen LogP contribution in [0.25, 0.3) is 10.9 Å². The van der Waals surface area contributed by atoms with Gasteiger partial charge in [0.25, 0.3) is 0 Å². The Hall–Kier alpha value is -3.43. The van der Waals surface area contributed by atoms with Gasteiger partial charge in [-0.2, -0.15) is 0 Å². The van der Waals surface area contributed by atoms with Gasteiger partial charge in [0.1, 0.15) is 11.3 Å². The van der Waals surface area contributed by atoms with Gasteiger partial charge in [-0.1, -0.05) is 23.7 Å². The number of carboxylic acids is 1. The number of fused-ring (bicyclic) bond motifs is 1. The highest BCUT2D eigenvalue weighted by molar-refractivity contribution is 6.35. The summed E-state index contributed by atoms with van der Waals surface area (Å²) in [6.45, 7) is 3.47. The normalized spacial score (nSPS) is 16.3. The van der Waals surface area contributed by atoms with E-state index >= 15 is 0 Å². The summed E-state index contributed by atoms with van der Waals surface area (Å²) in [5.74, 6) is -1.37. The third kappa shape index (κ3) is 3.97. The van der Waals surface area contributed by atoms with Crippen LogP contribution in [0.5, 0.6) is 0 Å². The SMILES string of the molecule is CC1COCCN1c1cc(Nc2ccnc3c(Cl)cccc23)c([N+](=O)[O-])c(C(=O)O)c1. The molecule has 10 heteroatoms. The van der Waals surface area contributed by atoms with Crippen molar-refractivity contribution in [1.82, 2.24) is 4.98 Å². The van der Waals surface area contributed by atoms with Crippen LogP contribution >= 0.6 is 11.6 Å². The minimum atomic E-state index is -1.37. The predicted octanol–water partition coefficient (Wildman–Crippen LogP) is 4.46. The van der Waals surface area contributed by atoms with Crippen molar-refractivity contribution >= 4 is 51.2 Å². The Balaban J connectivity index is 1.89. The lowest BCUT2D eigenvalue weighted by Crippen LogP contribution is -2.43. The van der Waals surface area contributed by atoms with Gasteiger partial charge in [-0.25, -0.2) is 4.79 Å². The number of nitrogens with zero attached hydrogens (tertiary/aromatic N) is 3. The van der Waals surface area contributed by atoms with Gasteiger partial charge >= 0.3 is 11.7 Å². The Morgan fingerprint density at radius 1 is 1.35 bits per heavy atom. The molecule has 2 N–H and O–H groups in total. The molecule has 2 aromatic carbocycles. The Labute approximate surface area is 182 Å². The van der Waals surface area contributed by atoms with Gasteiger partial charge in [0, 0.05) is 35.5 Å². The van der Waals surface area contributed by atoms with Crippen LogP contribution in [0.4, 0.5) is 22.7 Å². The molecule has 4 rings (SSSR count). The number of carbonyl (C=O) groups is 1. The quantitative estimate of drug-likeness (QED) is 0.439. The molecule has 1 saturated heterocycles. The molecule has 0 radical (unpaired) electrons. The number of carboxylic acid groups (broad SMARTS) is 1. The number of hydrogen-bond acceptors (Lipinski definition) is 7. The summed E-state index contributed by atoms with van der Waals surface area (Å²) in [5, 5.41) is 25.7. The van der Waals surface area contributed by atoms with Crippen molar-refractivity contribution in [1.29, 1.82) is 0 Å². The molecule has 0 amide bonds. The zero-order chi connectivity index (χ0) is 22.1. The van der Waals surface area contributed by atoms with Crippen molar-refractivity contribution in [3.8, 4) is 0 Å². The number of pyridine rings is 1. The highest BCUT2D eigenvalue weighted by Gasteiger charge is 2.29. The fraction of sp³-hybridized carbons (Fsp3) is 0.238. The van der Waals surface area contributed by atoms with Crippen LogP contribution in [0.2, 0.25) is 5.02 Å². The number of benzene rings is 2. The van der Waals surface area contributed by atoms with E-state index in [1.807, 2.05) is 11.8 Å². The fourth-order valence-corrected chi connectivity index (χ4v) is 3.97. The van der Waals surface area contributed by atoms with Crippen molar-refractivity contribution in [2.45, 2.75) is 13.0 Å². The monoisotopic (exact) mass is 442 g/mol. The summed E-state index contributed by atoms with van der Waals surface area (Å²) in [4.78, 5) is 29.3. The number of aromatic carboxylic acids is 1. The molecule has 2 heterocycles. The molecule has 1 unspecified atom stereocenters. The molecule has 160 valence electrons. The maximum Gasteiger partial charge on any atom is 0.342 e. The molecule has 1 aliphatic rings. The molecule has 0 bridgehead atoms. The number of ether oxygens (including phenoxy) is 1. The number of aromatic nitrogens is 1. The van der Waals surface area contributed by atoms with E-state index in [0.717, 1.165) is 0 Å². The van der Waals surface area contributed by atoms with Gasteiger partial charge in [0.15, 0.2) is 0 Å². The lowest BCUT2D eigenvalue weighted by Gasteiger charge is -2.35. The predicted molar refractivity (Wildman–Crippen MR) is 118 cm³/mol. The maximum atomic E-state index is 11.9. The van der Waals surface area contributed by atoms with Crippen molar-refractivity contribution in [2.24, 2.45) is 0 Å². The molecular formula is C21H19ClN4O5. The number of nitrogens with one attached hydrogen (secondary N) is 1. The Bertz CT molecular complexity index is 1190. The van der Waals surface area contributed by atoms with E-state index in [1.165, 1.54) is 12.3 Å². The second-order valence-corrected chi connectivity index (χ2v) is 7.60. The highest BCUT2D eigenvalue weighted by Crippen LogP contribution is 2.38. The van der Waals surface area contributed by atoms with E-state index in [0.29, 0.717) is 47.1 Å². The van der Waals surface area contributed by atoms with Gasteiger partial charge in [-0.05, 0) is 31.2 Å². The molecule has 1 atom stereocenters. The highest BCUT2D eigenvalue weighted by atomic mass is 35.5. The summed E-state index contributed by atoms with van der Waals surface area (Å²) in [5.41, 5.74) is 0.806. The summed E-state index contributed by atoms with van der Waals surface area (Å²) in [7, 11) is 0. The summed E-state index contributed by atoms with van der Waals surface area (Å²) >= 11 is 6.23. The van der Waals surface area contributed by atoms with Crippen LogP contribution in [0, 0.1) is 10.1 Å². The van der Waals surface area contributed by atoms with E-state index in [9.17, 15) is 20.0 Å². The van der Waals surface area contributed by atoms with Crippen LogP contribution in [0.15, 0.2) is 42.6 Å². The van der Waals surface area contributed by atoms with E-state index in [2.05, 4.69) is 10.3 Å². The van der Waals surface area contributed by atoms with Gasteiger partial charge in [-0.15, -0.1) is 0 Å². The van der Waals surface area contributed by atoms with E-state index in [-0.39, 0.29) is 17.3 Å². The molecule has 3 aromatic rings. The van der Waals surface area contributed by atoms with E-state index in [4.69, 9.17) is 16.3 Å². The molecule has 0 aliphatic carbocycles. The number of halogens is 1. The van der Waals surface area contributed by atoms with Gasteiger partial charge < -0.3 is 20.1 Å². The Morgan fingerprint density at radius 2 is 2.16 bits per heavy atom. The Morgan fingerprint density at radius 3 is 2.87 bits per heavy atom. The number of hydrogen-bond donors (Lipinski definition) is 2. The third-order valence-electron chi connectivity index (χ3n) is 5.20. The molecule has 1 fully saturated rings. The number of nitro groups is 1. The second-order valence-electron chi connectivity index (χ2n) is 7.19. The zero-order valence-electron chi connectivity index (χ0n) is 16.5. The molecule has 0 spiro atoms. The van der Waals surface area contributed by atoms with Crippen molar-refractivity contribution in [3.05, 3.63) is 63.3 Å². The molecule has 1 aromatic heterocycles. The third-order valence-corrected chi connectivity index (χ3v) is 5.50. The molecular weight excluding hydrogens is 424 g/mol. The standard InChI is InChI=1S/C21H19ClN4O5/c1-12-11-31-8-7-25(12)13-9-15(21(27)28)20(26(29)30)18(10-13)24-17-5-6-23-19-14(17)3-2-4-16(19)22/h2-6,9-10,12H,7-8,11H2,1H3,(H,23,24)(H,27,28). The van der Waals surface area contributed by atoms with Gasteiger partial charge in [0.2, 0.25) is 0 Å². The lowest BCUT2D eigenvalue weighted by molar-refractivity contribution is -0.384. The number of morpholine rings is 1. The smallest absolute Gasteiger partial charge is 0.342 e. The van der Waals surface area contributed by atoms with Crippen LogP contribution < -0.4 is 10.2 Å². The first-order valence-corrected chi connectivity index (χ1v) is 9.95. The van der Waals surface area contributed by atoms with Crippen molar-refractivity contribution in [2.75, 3.05) is 30.0 Å². The first kappa shape index (κ1) is 20.8. The number of para-hydroxylation sites is 1. The second kappa shape index (κ2) is 8.37. The number of rotatable bonds is 5. The largest absolute Gasteiger partial charge is 0.477 e. The van der Waals surface area contributed by atoms with Crippen LogP contribution in [-0.4, -0.2) is 46.8 Å². The minimum Gasteiger partial charge on any atom is -0.477 e. The average Bonchev–Trinajstić information content (AvgIpc) is 2.74. The van der Waals surface area contributed by atoms with Crippen LogP contribution in [0.1, 0.15) is 17.3 Å². The van der Waals surface area contributed by atoms with Gasteiger partial charge in [-0.3, -0.25) is 15.1 Å². The molecule has 1 aliphatic heterocycles. The number of nitro benzene ring substituents is 1. The zero-order valence-corrected chi connectivity index (χ0v) is 17.3.